The fourth-order valence-electron chi connectivity index (χ4n) is 2.38. The second kappa shape index (κ2) is 9.13. The van der Waals surface area contributed by atoms with E-state index in [0.717, 1.165) is 15.7 Å². The molecule has 3 aromatic carbocycles. The molecule has 0 aliphatic carbocycles. The Bertz CT molecular complexity index is 974. The van der Waals surface area contributed by atoms with E-state index in [4.69, 9.17) is 27.9 Å². The van der Waals surface area contributed by atoms with Crippen molar-refractivity contribution in [1.82, 2.24) is 0 Å². The second-order valence-corrected chi connectivity index (χ2v) is 7.47. The Labute approximate surface area is 170 Å². The summed E-state index contributed by atoms with van der Waals surface area (Å²) in [6.07, 6.45) is 0. The number of fused-ring (bicyclic) bond motifs is 1. The fraction of sp³-hybridized carbons (Fsp3) is 0.100. The summed E-state index contributed by atoms with van der Waals surface area (Å²) in [6, 6.07) is 18.8. The van der Waals surface area contributed by atoms with Crippen LogP contribution in [0.1, 0.15) is 0 Å². The minimum Gasteiger partial charge on any atom is -0.455 e. The number of nitrogens with one attached hydrogen (secondary N) is 1. The van der Waals surface area contributed by atoms with Crippen LogP contribution in [0.5, 0.6) is 0 Å². The van der Waals surface area contributed by atoms with Crippen molar-refractivity contribution >= 4 is 63.3 Å². The molecule has 0 unspecified atom stereocenters. The Morgan fingerprint density at radius 1 is 0.926 bits per heavy atom. The molecule has 27 heavy (non-hydrogen) atoms. The van der Waals surface area contributed by atoms with Crippen molar-refractivity contribution in [1.29, 1.82) is 0 Å². The van der Waals surface area contributed by atoms with Gasteiger partial charge in [-0.25, -0.2) is 0 Å². The van der Waals surface area contributed by atoms with E-state index in [1.807, 2.05) is 42.5 Å². The third-order valence-electron chi connectivity index (χ3n) is 3.67. The SMILES string of the molecule is O=C(COC(=O)CSc1ccc2ccccc2c1)Nc1c(Cl)cccc1Cl. The third kappa shape index (κ3) is 5.39. The molecule has 0 aromatic heterocycles. The van der Waals surface area contributed by atoms with Crippen LogP contribution in [0, 0.1) is 0 Å². The molecule has 0 saturated heterocycles. The van der Waals surface area contributed by atoms with Crippen molar-refractivity contribution in [2.75, 3.05) is 17.7 Å². The summed E-state index contributed by atoms with van der Waals surface area (Å²) in [5.41, 5.74) is 0.299. The number of halogens is 2. The van der Waals surface area contributed by atoms with E-state index in [0.29, 0.717) is 15.7 Å². The van der Waals surface area contributed by atoms with E-state index >= 15 is 0 Å². The Morgan fingerprint density at radius 3 is 2.37 bits per heavy atom. The minimum absolute atomic E-state index is 0.110. The largest absolute Gasteiger partial charge is 0.455 e. The maximum Gasteiger partial charge on any atom is 0.316 e. The fourth-order valence-corrected chi connectivity index (χ4v) is 3.61. The Morgan fingerprint density at radius 2 is 1.63 bits per heavy atom. The summed E-state index contributed by atoms with van der Waals surface area (Å²) in [6.45, 7) is -0.404. The maximum atomic E-state index is 11.9. The molecule has 7 heteroatoms. The molecule has 0 bridgehead atoms. The standard InChI is InChI=1S/C20H15Cl2NO3S/c21-16-6-3-7-17(22)20(16)23-18(24)11-26-19(25)12-27-15-9-8-13-4-1-2-5-14(13)10-15/h1-10H,11-12H2,(H,23,24). The van der Waals surface area contributed by atoms with E-state index in [-0.39, 0.29) is 5.75 Å². The number of anilines is 1. The topological polar surface area (TPSA) is 55.4 Å². The Kier molecular flexibility index (Phi) is 6.61. The zero-order valence-electron chi connectivity index (χ0n) is 14.1. The number of ether oxygens (including phenoxy) is 1. The molecule has 0 saturated carbocycles. The molecule has 3 aromatic rings. The number of hydrogen-bond donors (Lipinski definition) is 1. The van der Waals surface area contributed by atoms with Crippen LogP contribution in [0.3, 0.4) is 0 Å². The average molecular weight is 420 g/mol. The van der Waals surface area contributed by atoms with Crippen LogP contribution in [0.2, 0.25) is 10.0 Å². The second-order valence-electron chi connectivity index (χ2n) is 5.60. The first-order chi connectivity index (χ1) is 13.0. The summed E-state index contributed by atoms with van der Waals surface area (Å²) in [5, 5.41) is 5.41. The zero-order valence-corrected chi connectivity index (χ0v) is 16.4. The molecule has 4 nitrogen and oxygen atoms in total. The molecule has 138 valence electrons. The predicted molar refractivity (Wildman–Crippen MR) is 111 cm³/mol. The monoisotopic (exact) mass is 419 g/mol. The van der Waals surface area contributed by atoms with E-state index < -0.39 is 18.5 Å². The molecule has 0 fully saturated rings. The van der Waals surface area contributed by atoms with Gasteiger partial charge in [0.2, 0.25) is 0 Å². The molecular formula is C20H15Cl2NO3S. The molecule has 3 rings (SSSR count). The van der Waals surface area contributed by atoms with Crippen LogP contribution in [0.25, 0.3) is 10.8 Å². The predicted octanol–water partition coefficient (Wildman–Crippen LogP) is 5.42. The molecule has 0 atom stereocenters. The van der Waals surface area contributed by atoms with E-state index in [2.05, 4.69) is 5.32 Å². The van der Waals surface area contributed by atoms with Crippen molar-refractivity contribution in [2.45, 2.75) is 4.90 Å². The van der Waals surface area contributed by atoms with Gasteiger partial charge in [0.25, 0.3) is 5.91 Å². The third-order valence-corrected chi connectivity index (χ3v) is 5.27. The van der Waals surface area contributed by atoms with Crippen LogP contribution in [0.4, 0.5) is 5.69 Å². The lowest BCUT2D eigenvalue weighted by Crippen LogP contribution is -2.22. The number of amides is 1. The van der Waals surface area contributed by atoms with Gasteiger partial charge in [0.05, 0.1) is 21.5 Å². The van der Waals surface area contributed by atoms with Gasteiger partial charge in [0, 0.05) is 4.90 Å². The number of hydrogen-bond acceptors (Lipinski definition) is 4. The van der Waals surface area contributed by atoms with Crippen LogP contribution in [-0.2, 0) is 14.3 Å². The lowest BCUT2D eigenvalue weighted by Gasteiger charge is -2.09. The van der Waals surface area contributed by atoms with Gasteiger partial charge in [-0.1, -0.05) is 59.6 Å². The highest BCUT2D eigenvalue weighted by atomic mass is 35.5. The lowest BCUT2D eigenvalue weighted by atomic mass is 10.1. The number of carbonyl (C=O) groups is 2. The number of thioether (sulfide) groups is 1. The Balaban J connectivity index is 1.48. The van der Waals surface area contributed by atoms with Crippen LogP contribution >= 0.6 is 35.0 Å². The van der Waals surface area contributed by atoms with E-state index in [1.165, 1.54) is 11.8 Å². The van der Waals surface area contributed by atoms with Gasteiger partial charge < -0.3 is 10.1 Å². The summed E-state index contributed by atoms with van der Waals surface area (Å²) >= 11 is 13.3. The molecule has 1 N–H and O–H groups in total. The van der Waals surface area contributed by atoms with Crippen molar-refractivity contribution in [3.05, 3.63) is 70.7 Å². The van der Waals surface area contributed by atoms with Gasteiger partial charge >= 0.3 is 5.97 Å². The molecule has 0 aliphatic heterocycles. The zero-order chi connectivity index (χ0) is 19.2. The van der Waals surface area contributed by atoms with Crippen molar-refractivity contribution in [3.8, 4) is 0 Å². The normalized spacial score (nSPS) is 10.6. The molecular weight excluding hydrogens is 405 g/mol. The molecule has 0 aliphatic rings. The van der Waals surface area contributed by atoms with Gasteiger partial charge in [-0.15, -0.1) is 11.8 Å². The number of para-hydroxylation sites is 1. The quantitative estimate of drug-likeness (QED) is 0.427. The highest BCUT2D eigenvalue weighted by Gasteiger charge is 2.12. The molecule has 1 amide bonds. The number of benzene rings is 3. The highest BCUT2D eigenvalue weighted by Crippen LogP contribution is 2.29. The summed E-state index contributed by atoms with van der Waals surface area (Å²) in [4.78, 5) is 24.8. The summed E-state index contributed by atoms with van der Waals surface area (Å²) in [5.74, 6) is -0.874. The van der Waals surface area contributed by atoms with E-state index in [9.17, 15) is 9.59 Å². The van der Waals surface area contributed by atoms with Gasteiger partial charge in [0.15, 0.2) is 6.61 Å². The van der Waals surface area contributed by atoms with Crippen molar-refractivity contribution in [2.24, 2.45) is 0 Å². The van der Waals surface area contributed by atoms with Crippen molar-refractivity contribution in [3.63, 3.8) is 0 Å². The first-order valence-corrected chi connectivity index (χ1v) is 9.78. The average Bonchev–Trinajstić information content (AvgIpc) is 2.67. The number of carbonyl (C=O) groups excluding carboxylic acids is 2. The lowest BCUT2D eigenvalue weighted by molar-refractivity contribution is -0.144. The molecule has 0 heterocycles. The van der Waals surface area contributed by atoms with Crippen LogP contribution in [-0.4, -0.2) is 24.2 Å². The highest BCUT2D eigenvalue weighted by molar-refractivity contribution is 8.00. The maximum absolute atomic E-state index is 11.9. The smallest absolute Gasteiger partial charge is 0.316 e. The summed E-state index contributed by atoms with van der Waals surface area (Å²) in [7, 11) is 0. The summed E-state index contributed by atoms with van der Waals surface area (Å²) < 4.78 is 5.01. The number of esters is 1. The van der Waals surface area contributed by atoms with Gasteiger partial charge in [-0.2, -0.15) is 0 Å². The minimum atomic E-state index is -0.506. The molecule has 0 radical (unpaired) electrons. The van der Waals surface area contributed by atoms with E-state index in [1.54, 1.807) is 18.2 Å². The number of rotatable bonds is 6. The van der Waals surface area contributed by atoms with Crippen molar-refractivity contribution < 1.29 is 14.3 Å². The first kappa shape index (κ1) is 19.5. The molecule has 0 spiro atoms. The Hall–Kier alpha value is -2.21. The van der Waals surface area contributed by atoms with Gasteiger partial charge in [0.1, 0.15) is 0 Å². The first-order valence-electron chi connectivity index (χ1n) is 8.04. The van der Waals surface area contributed by atoms with Crippen LogP contribution < -0.4 is 5.32 Å². The van der Waals surface area contributed by atoms with Gasteiger partial charge in [-0.3, -0.25) is 9.59 Å². The van der Waals surface area contributed by atoms with Crippen LogP contribution in [0.15, 0.2) is 65.6 Å². The van der Waals surface area contributed by atoms with Gasteiger partial charge in [-0.05, 0) is 35.0 Å².